The van der Waals surface area contributed by atoms with Crippen LogP contribution in [0.3, 0.4) is 0 Å². The number of nitrogens with one attached hydrogen (secondary N) is 2. The Morgan fingerprint density at radius 3 is 2.70 bits per heavy atom. The Bertz CT molecular complexity index is 827. The standard InChI is InChI=1S/C14H18N4O4S/c1-8-4-5-10(6-12(8)23(20,21)16-3)17-14(19)11-7-22-18-13(11)9(2)15/h4-7,9,16H,15H2,1-3H3,(H,17,19). The van der Waals surface area contributed by atoms with Gasteiger partial charge in [0.1, 0.15) is 17.5 Å². The van der Waals surface area contributed by atoms with E-state index >= 15 is 0 Å². The SMILES string of the molecule is CNS(=O)(=O)c1cc(NC(=O)c2conc2C(C)N)ccc1C. The summed E-state index contributed by atoms with van der Waals surface area (Å²) in [5.74, 6) is -0.477. The number of nitrogens with two attached hydrogens (primary N) is 1. The zero-order valence-corrected chi connectivity index (χ0v) is 13.8. The van der Waals surface area contributed by atoms with Crippen LogP contribution >= 0.6 is 0 Å². The van der Waals surface area contributed by atoms with E-state index in [0.717, 1.165) is 0 Å². The summed E-state index contributed by atoms with van der Waals surface area (Å²) < 4.78 is 31.0. The average molecular weight is 338 g/mol. The molecule has 23 heavy (non-hydrogen) atoms. The Kier molecular flexibility index (Phi) is 4.83. The molecule has 2 rings (SSSR count). The highest BCUT2D eigenvalue weighted by Gasteiger charge is 2.20. The number of aromatic nitrogens is 1. The summed E-state index contributed by atoms with van der Waals surface area (Å²) in [7, 11) is -2.29. The van der Waals surface area contributed by atoms with Crippen molar-refractivity contribution in [2.24, 2.45) is 5.73 Å². The Balaban J connectivity index is 2.32. The highest BCUT2D eigenvalue weighted by atomic mass is 32.2. The van der Waals surface area contributed by atoms with Gasteiger partial charge < -0.3 is 15.6 Å². The van der Waals surface area contributed by atoms with Crippen LogP contribution in [-0.2, 0) is 10.0 Å². The number of hydrogen-bond donors (Lipinski definition) is 3. The average Bonchev–Trinajstić information content (AvgIpc) is 2.99. The number of amides is 1. The number of anilines is 1. The fourth-order valence-electron chi connectivity index (χ4n) is 2.02. The lowest BCUT2D eigenvalue weighted by molar-refractivity contribution is 0.102. The van der Waals surface area contributed by atoms with Crippen LogP contribution in [0.1, 0.15) is 34.6 Å². The largest absolute Gasteiger partial charge is 0.364 e. The number of rotatable bonds is 5. The van der Waals surface area contributed by atoms with Gasteiger partial charge in [0.15, 0.2) is 0 Å². The second-order valence-electron chi connectivity index (χ2n) is 5.04. The summed E-state index contributed by atoms with van der Waals surface area (Å²) in [6, 6.07) is 4.15. The molecule has 8 nitrogen and oxygen atoms in total. The summed E-state index contributed by atoms with van der Waals surface area (Å²) in [5.41, 5.74) is 7.16. The first-order chi connectivity index (χ1) is 10.8. The third-order valence-corrected chi connectivity index (χ3v) is 4.83. The van der Waals surface area contributed by atoms with Crippen molar-refractivity contribution in [1.29, 1.82) is 0 Å². The molecule has 124 valence electrons. The van der Waals surface area contributed by atoms with Gasteiger partial charge in [-0.2, -0.15) is 0 Å². The van der Waals surface area contributed by atoms with E-state index in [2.05, 4.69) is 15.2 Å². The minimum atomic E-state index is -3.61. The second kappa shape index (κ2) is 6.49. The fraction of sp³-hybridized carbons (Fsp3) is 0.286. The Labute approximate surface area is 134 Å². The van der Waals surface area contributed by atoms with Gasteiger partial charge in [-0.25, -0.2) is 13.1 Å². The van der Waals surface area contributed by atoms with Crippen LogP contribution in [0.25, 0.3) is 0 Å². The van der Waals surface area contributed by atoms with Gasteiger partial charge in [0.25, 0.3) is 5.91 Å². The number of aryl methyl sites for hydroxylation is 1. The van der Waals surface area contributed by atoms with Crippen LogP contribution in [0.5, 0.6) is 0 Å². The molecule has 1 aromatic carbocycles. The van der Waals surface area contributed by atoms with E-state index < -0.39 is 22.0 Å². The van der Waals surface area contributed by atoms with E-state index in [-0.39, 0.29) is 10.5 Å². The van der Waals surface area contributed by atoms with Gasteiger partial charge in [0.05, 0.1) is 4.90 Å². The molecular weight excluding hydrogens is 320 g/mol. The first kappa shape index (κ1) is 17.1. The minimum Gasteiger partial charge on any atom is -0.364 e. The van der Waals surface area contributed by atoms with E-state index in [0.29, 0.717) is 16.9 Å². The van der Waals surface area contributed by atoms with Crippen molar-refractivity contribution in [2.75, 3.05) is 12.4 Å². The first-order valence-electron chi connectivity index (χ1n) is 6.81. The van der Waals surface area contributed by atoms with Gasteiger partial charge in [-0.15, -0.1) is 0 Å². The van der Waals surface area contributed by atoms with Crippen molar-refractivity contribution in [1.82, 2.24) is 9.88 Å². The number of nitrogens with zero attached hydrogens (tertiary/aromatic N) is 1. The lowest BCUT2D eigenvalue weighted by atomic mass is 10.1. The molecule has 0 aliphatic heterocycles. The summed E-state index contributed by atoms with van der Waals surface area (Å²) in [6.45, 7) is 3.35. The molecule has 0 saturated heterocycles. The van der Waals surface area contributed by atoms with Crippen LogP contribution in [0.4, 0.5) is 5.69 Å². The van der Waals surface area contributed by atoms with Gasteiger partial charge in [0.2, 0.25) is 10.0 Å². The lowest BCUT2D eigenvalue weighted by Gasteiger charge is -2.10. The van der Waals surface area contributed by atoms with Crippen LogP contribution < -0.4 is 15.8 Å². The molecule has 4 N–H and O–H groups in total. The maximum Gasteiger partial charge on any atom is 0.260 e. The van der Waals surface area contributed by atoms with Crippen molar-refractivity contribution in [3.05, 3.63) is 41.3 Å². The number of carbonyl (C=O) groups excluding carboxylic acids is 1. The number of carbonyl (C=O) groups is 1. The van der Waals surface area contributed by atoms with Crippen molar-refractivity contribution in [3.63, 3.8) is 0 Å². The molecule has 1 aromatic heterocycles. The molecule has 1 atom stereocenters. The molecule has 1 unspecified atom stereocenters. The molecular formula is C14H18N4O4S. The Morgan fingerprint density at radius 2 is 2.09 bits per heavy atom. The molecule has 0 spiro atoms. The molecule has 2 aromatic rings. The molecule has 1 heterocycles. The van der Waals surface area contributed by atoms with E-state index in [1.165, 1.54) is 19.4 Å². The predicted molar refractivity (Wildman–Crippen MR) is 84.5 cm³/mol. The number of hydrogen-bond acceptors (Lipinski definition) is 6. The summed E-state index contributed by atoms with van der Waals surface area (Å²) in [5, 5.41) is 6.31. The summed E-state index contributed by atoms with van der Waals surface area (Å²) in [6.07, 6.45) is 1.20. The molecule has 0 aliphatic carbocycles. The zero-order valence-electron chi connectivity index (χ0n) is 13.0. The molecule has 0 aliphatic rings. The maximum absolute atomic E-state index is 12.3. The van der Waals surface area contributed by atoms with Crippen molar-refractivity contribution >= 4 is 21.6 Å². The van der Waals surface area contributed by atoms with Crippen molar-refractivity contribution in [3.8, 4) is 0 Å². The molecule has 0 bridgehead atoms. The summed E-state index contributed by atoms with van der Waals surface area (Å²) in [4.78, 5) is 12.4. The quantitative estimate of drug-likeness (QED) is 0.751. The third-order valence-electron chi connectivity index (χ3n) is 3.28. The van der Waals surface area contributed by atoms with Crippen LogP contribution in [0.15, 0.2) is 33.9 Å². The van der Waals surface area contributed by atoms with Gasteiger partial charge in [-0.3, -0.25) is 4.79 Å². The van der Waals surface area contributed by atoms with Gasteiger partial charge in [0, 0.05) is 11.7 Å². The molecule has 1 amide bonds. The van der Waals surface area contributed by atoms with Crippen LogP contribution in [0.2, 0.25) is 0 Å². The van der Waals surface area contributed by atoms with Crippen LogP contribution in [-0.4, -0.2) is 26.5 Å². The first-order valence-corrected chi connectivity index (χ1v) is 8.30. The molecule has 0 fully saturated rings. The molecule has 0 saturated carbocycles. The van der Waals surface area contributed by atoms with Gasteiger partial charge >= 0.3 is 0 Å². The molecule has 9 heteroatoms. The zero-order chi connectivity index (χ0) is 17.2. The van der Waals surface area contributed by atoms with E-state index in [1.807, 2.05) is 0 Å². The van der Waals surface area contributed by atoms with Gasteiger partial charge in [-0.05, 0) is 38.6 Å². The van der Waals surface area contributed by atoms with Crippen molar-refractivity contribution < 1.29 is 17.7 Å². The van der Waals surface area contributed by atoms with E-state index in [9.17, 15) is 13.2 Å². The third kappa shape index (κ3) is 3.58. The lowest BCUT2D eigenvalue weighted by Crippen LogP contribution is -2.20. The van der Waals surface area contributed by atoms with E-state index in [4.69, 9.17) is 10.3 Å². The molecule has 0 radical (unpaired) electrons. The van der Waals surface area contributed by atoms with E-state index in [1.54, 1.807) is 26.0 Å². The Hall–Kier alpha value is -2.23. The predicted octanol–water partition coefficient (Wildman–Crippen LogP) is 1.16. The monoisotopic (exact) mass is 338 g/mol. The second-order valence-corrected chi connectivity index (χ2v) is 6.90. The normalized spacial score (nSPS) is 12.9. The maximum atomic E-state index is 12.3. The fourth-order valence-corrected chi connectivity index (χ4v) is 3.01. The minimum absolute atomic E-state index is 0.0931. The van der Waals surface area contributed by atoms with Crippen LogP contribution in [0, 0.1) is 6.92 Å². The number of sulfonamides is 1. The topological polar surface area (TPSA) is 127 Å². The summed E-state index contributed by atoms with van der Waals surface area (Å²) >= 11 is 0. The smallest absolute Gasteiger partial charge is 0.260 e. The number of benzene rings is 1. The van der Waals surface area contributed by atoms with Crippen molar-refractivity contribution in [2.45, 2.75) is 24.8 Å². The van der Waals surface area contributed by atoms with Gasteiger partial charge in [-0.1, -0.05) is 11.2 Å². The highest BCUT2D eigenvalue weighted by molar-refractivity contribution is 7.89. The Morgan fingerprint density at radius 1 is 1.39 bits per heavy atom. The highest BCUT2D eigenvalue weighted by Crippen LogP contribution is 2.21.